The van der Waals surface area contributed by atoms with Crippen LogP contribution in [0.25, 0.3) is 10.9 Å². The quantitative estimate of drug-likeness (QED) is 0.251. The highest BCUT2D eigenvalue weighted by atomic mass is 32.2. The predicted octanol–water partition coefficient (Wildman–Crippen LogP) is 4.70. The van der Waals surface area contributed by atoms with Gasteiger partial charge in [-0.05, 0) is 70.0 Å². The van der Waals surface area contributed by atoms with Gasteiger partial charge >= 0.3 is 11.5 Å². The van der Waals surface area contributed by atoms with Crippen molar-refractivity contribution in [2.45, 2.75) is 63.1 Å². The van der Waals surface area contributed by atoms with Gasteiger partial charge < -0.3 is 10.1 Å². The standard InChI is InChI=1S/C26H33N3O3S/c1-5-23-28-22-12-8-7-11-21(22)24(30)29(23)18-10-9-17-27-19-13-15-20(16-14-19)33-26(3,4)25(31)32-6-2/h7-8,11-16,27H,5-6,9-10,17-18H2,1-4H3/p+1. The molecule has 0 amide bonds. The van der Waals surface area contributed by atoms with E-state index in [-0.39, 0.29) is 11.5 Å². The first-order valence-electron chi connectivity index (χ1n) is 11.6. The first kappa shape index (κ1) is 24.8. The maximum atomic E-state index is 12.9. The molecule has 7 heteroatoms. The van der Waals surface area contributed by atoms with Crippen molar-refractivity contribution in [3.8, 4) is 0 Å². The van der Waals surface area contributed by atoms with Gasteiger partial charge in [0.25, 0.3) is 5.82 Å². The molecule has 3 aromatic rings. The Bertz CT molecular complexity index is 1140. The third kappa shape index (κ3) is 6.38. The number of hydrogen-bond donors (Lipinski definition) is 1. The van der Waals surface area contributed by atoms with Crippen LogP contribution in [0.1, 0.15) is 46.4 Å². The number of esters is 1. The van der Waals surface area contributed by atoms with Crippen molar-refractivity contribution in [1.29, 1.82) is 0 Å². The Morgan fingerprint density at radius 3 is 2.52 bits per heavy atom. The fraction of sp³-hybridized carbons (Fsp3) is 0.423. The third-order valence-electron chi connectivity index (χ3n) is 5.47. The van der Waals surface area contributed by atoms with Gasteiger partial charge in [-0.15, -0.1) is 11.8 Å². The van der Waals surface area contributed by atoms with E-state index >= 15 is 0 Å². The van der Waals surface area contributed by atoms with Crippen molar-refractivity contribution < 1.29 is 14.5 Å². The molecule has 1 heterocycles. The minimum Gasteiger partial charge on any atom is -0.465 e. The molecule has 0 saturated carbocycles. The number of H-pyrrole nitrogens is 1. The first-order chi connectivity index (χ1) is 15.9. The number of aromatic nitrogens is 2. The molecule has 0 saturated heterocycles. The van der Waals surface area contributed by atoms with Crippen LogP contribution < -0.4 is 15.9 Å². The molecule has 176 valence electrons. The molecule has 33 heavy (non-hydrogen) atoms. The number of aryl methyl sites for hydroxylation is 1. The zero-order chi connectivity index (χ0) is 23.8. The number of thioether (sulfide) groups is 1. The smallest absolute Gasteiger partial charge is 0.345 e. The molecule has 0 bridgehead atoms. The Morgan fingerprint density at radius 2 is 1.82 bits per heavy atom. The zero-order valence-electron chi connectivity index (χ0n) is 19.9. The molecule has 1 aromatic heterocycles. The molecular formula is C26H34N3O3S+. The van der Waals surface area contributed by atoms with Crippen LogP contribution in [-0.2, 0) is 22.5 Å². The normalized spacial score (nSPS) is 11.5. The van der Waals surface area contributed by atoms with Gasteiger partial charge in [0.1, 0.15) is 15.6 Å². The molecule has 0 aliphatic rings. The van der Waals surface area contributed by atoms with E-state index in [1.54, 1.807) is 0 Å². The molecule has 0 radical (unpaired) electrons. The summed E-state index contributed by atoms with van der Waals surface area (Å²) >= 11 is 1.50. The molecule has 0 atom stereocenters. The van der Waals surface area contributed by atoms with Crippen molar-refractivity contribution >= 4 is 34.3 Å². The highest BCUT2D eigenvalue weighted by molar-refractivity contribution is 8.01. The highest BCUT2D eigenvalue weighted by Crippen LogP contribution is 2.34. The summed E-state index contributed by atoms with van der Waals surface area (Å²) in [6.07, 6.45) is 2.65. The SMILES string of the molecule is CCOC(=O)C(C)(C)Sc1ccc(NCCCCn2c(CC)[nH+]c3ccccc3c2=O)cc1. The number of nitrogens with one attached hydrogen (secondary N) is 2. The fourth-order valence-electron chi connectivity index (χ4n) is 3.69. The van der Waals surface area contributed by atoms with Crippen LogP contribution in [0.15, 0.2) is 58.2 Å². The second-order valence-electron chi connectivity index (χ2n) is 8.42. The Morgan fingerprint density at radius 1 is 1.09 bits per heavy atom. The lowest BCUT2D eigenvalue weighted by Gasteiger charge is -2.21. The van der Waals surface area contributed by atoms with E-state index in [1.807, 2.05) is 73.9 Å². The van der Waals surface area contributed by atoms with E-state index in [0.717, 1.165) is 53.1 Å². The van der Waals surface area contributed by atoms with Crippen LogP contribution in [0.5, 0.6) is 0 Å². The highest BCUT2D eigenvalue weighted by Gasteiger charge is 2.30. The van der Waals surface area contributed by atoms with Gasteiger partial charge in [-0.2, -0.15) is 4.57 Å². The van der Waals surface area contributed by atoms with Crippen molar-refractivity contribution in [3.05, 3.63) is 64.7 Å². The zero-order valence-corrected chi connectivity index (χ0v) is 20.8. The number of fused-ring (bicyclic) bond motifs is 1. The number of para-hydroxylation sites is 1. The number of carbonyl (C=O) groups excluding carboxylic acids is 1. The van der Waals surface area contributed by atoms with Gasteiger partial charge in [-0.3, -0.25) is 4.79 Å². The maximum Gasteiger partial charge on any atom is 0.345 e. The van der Waals surface area contributed by atoms with Crippen LogP contribution in [0, 0.1) is 0 Å². The molecule has 6 nitrogen and oxygen atoms in total. The minimum atomic E-state index is -0.624. The fourth-order valence-corrected chi connectivity index (χ4v) is 4.70. The van der Waals surface area contributed by atoms with Gasteiger partial charge in [0.05, 0.1) is 13.2 Å². The third-order valence-corrected chi connectivity index (χ3v) is 6.66. The average molecular weight is 469 g/mol. The second kappa shape index (κ2) is 11.4. The number of anilines is 1. The number of hydrogen-bond acceptors (Lipinski definition) is 5. The lowest BCUT2D eigenvalue weighted by atomic mass is 10.2. The summed E-state index contributed by atoms with van der Waals surface area (Å²) in [6.45, 7) is 9.56. The molecule has 0 spiro atoms. The second-order valence-corrected chi connectivity index (χ2v) is 10.1. The molecule has 0 unspecified atom stereocenters. The molecule has 2 N–H and O–H groups in total. The molecule has 0 fully saturated rings. The van der Waals surface area contributed by atoms with Crippen LogP contribution >= 0.6 is 11.8 Å². The van der Waals surface area contributed by atoms with Crippen molar-refractivity contribution in [3.63, 3.8) is 0 Å². The lowest BCUT2D eigenvalue weighted by Crippen LogP contribution is -2.32. The average Bonchev–Trinajstić information content (AvgIpc) is 2.81. The molecule has 2 aromatic carbocycles. The topological polar surface area (TPSA) is 74.5 Å². The van der Waals surface area contributed by atoms with Crippen LogP contribution in [0.4, 0.5) is 5.69 Å². The summed E-state index contributed by atoms with van der Waals surface area (Å²) < 4.78 is 6.41. The molecule has 0 aliphatic carbocycles. The molecule has 0 aliphatic heterocycles. The van der Waals surface area contributed by atoms with Crippen LogP contribution in [-0.4, -0.2) is 28.4 Å². The monoisotopic (exact) mass is 468 g/mol. The number of ether oxygens (including phenoxy) is 1. The number of unbranched alkanes of at least 4 members (excludes halogenated alkanes) is 1. The van der Waals surface area contributed by atoms with E-state index in [2.05, 4.69) is 17.2 Å². The number of carbonyl (C=O) groups is 1. The Labute approximate surface area is 199 Å². The summed E-state index contributed by atoms with van der Waals surface area (Å²) in [7, 11) is 0. The molecule has 3 rings (SSSR count). The van der Waals surface area contributed by atoms with E-state index < -0.39 is 4.75 Å². The summed E-state index contributed by atoms with van der Waals surface area (Å²) in [5, 5.41) is 4.17. The predicted molar refractivity (Wildman–Crippen MR) is 135 cm³/mol. The first-order valence-corrected chi connectivity index (χ1v) is 12.4. The maximum absolute atomic E-state index is 12.9. The van der Waals surface area contributed by atoms with E-state index in [0.29, 0.717) is 13.2 Å². The number of rotatable bonds is 11. The Kier molecular flexibility index (Phi) is 8.55. The summed E-state index contributed by atoms with van der Waals surface area (Å²) in [5.74, 6) is 0.761. The molecular weight excluding hydrogens is 434 g/mol. The van der Waals surface area contributed by atoms with Gasteiger partial charge in [0.2, 0.25) is 0 Å². The number of aromatic amines is 1. The minimum absolute atomic E-state index is 0.0768. The number of nitrogens with zero attached hydrogens (tertiary/aromatic N) is 1. The van der Waals surface area contributed by atoms with Crippen molar-refractivity contribution in [2.75, 3.05) is 18.5 Å². The Hall–Kier alpha value is -2.80. The summed E-state index contributed by atoms with van der Waals surface area (Å²) in [6, 6.07) is 15.8. The van der Waals surface area contributed by atoms with Crippen molar-refractivity contribution in [1.82, 2.24) is 4.57 Å². The summed E-state index contributed by atoms with van der Waals surface area (Å²) in [4.78, 5) is 29.4. The van der Waals surface area contributed by atoms with E-state index in [1.165, 1.54) is 11.8 Å². The van der Waals surface area contributed by atoms with Crippen LogP contribution in [0.2, 0.25) is 0 Å². The summed E-state index contributed by atoms with van der Waals surface area (Å²) in [5.41, 5.74) is 2.01. The van der Waals surface area contributed by atoms with E-state index in [9.17, 15) is 9.59 Å². The van der Waals surface area contributed by atoms with Gasteiger partial charge in [-0.1, -0.05) is 19.1 Å². The Balaban J connectivity index is 1.50. The van der Waals surface area contributed by atoms with E-state index in [4.69, 9.17) is 4.74 Å². The van der Waals surface area contributed by atoms with Gasteiger partial charge in [0, 0.05) is 23.5 Å². The largest absolute Gasteiger partial charge is 0.465 e. The van der Waals surface area contributed by atoms with Gasteiger partial charge in [-0.25, -0.2) is 9.78 Å². The van der Waals surface area contributed by atoms with Crippen molar-refractivity contribution in [2.24, 2.45) is 0 Å². The van der Waals surface area contributed by atoms with Gasteiger partial charge in [0.15, 0.2) is 0 Å². The van der Waals surface area contributed by atoms with Crippen LogP contribution in [0.3, 0.4) is 0 Å². The lowest BCUT2D eigenvalue weighted by molar-refractivity contribution is -0.366. The number of benzene rings is 2.